The van der Waals surface area contributed by atoms with E-state index >= 15 is 0 Å². The Hall–Kier alpha value is 0.0900. The van der Waals surface area contributed by atoms with Gasteiger partial charge in [-0.2, -0.15) is 0 Å². The first-order valence-electron chi connectivity index (χ1n) is 5.38. The SMILES string of the molecule is O=S(=O)(NCC(Br)C1CC1)c1cccc(Br)c1. The zero-order valence-corrected chi connectivity index (χ0v) is 13.1. The van der Waals surface area contributed by atoms with E-state index in [9.17, 15) is 8.42 Å². The standard InChI is InChI=1S/C11H13Br2NO2S/c12-9-2-1-3-10(6-9)17(15,16)14-7-11(13)8-4-5-8/h1-3,6,8,11,14H,4-5,7H2. The Kier molecular flexibility index (Phi) is 4.28. The fourth-order valence-electron chi connectivity index (χ4n) is 1.53. The first-order chi connectivity index (χ1) is 7.99. The van der Waals surface area contributed by atoms with Gasteiger partial charge in [-0.3, -0.25) is 0 Å². The quantitative estimate of drug-likeness (QED) is 0.796. The average Bonchev–Trinajstić information content (AvgIpc) is 3.10. The summed E-state index contributed by atoms with van der Waals surface area (Å²) < 4.78 is 27.3. The van der Waals surface area contributed by atoms with Crippen LogP contribution in [0.25, 0.3) is 0 Å². The molecule has 1 saturated carbocycles. The Labute approximate surface area is 118 Å². The molecule has 0 aromatic heterocycles. The van der Waals surface area contributed by atoms with E-state index in [4.69, 9.17) is 0 Å². The number of benzene rings is 1. The molecule has 3 nitrogen and oxygen atoms in total. The number of halogens is 2. The number of alkyl halides is 1. The second-order valence-electron chi connectivity index (χ2n) is 4.16. The van der Waals surface area contributed by atoms with E-state index in [2.05, 4.69) is 36.6 Å². The summed E-state index contributed by atoms with van der Waals surface area (Å²) in [6.07, 6.45) is 2.38. The summed E-state index contributed by atoms with van der Waals surface area (Å²) in [6, 6.07) is 6.71. The third-order valence-corrected chi connectivity index (χ3v) is 5.69. The van der Waals surface area contributed by atoms with Gasteiger partial charge in [0.15, 0.2) is 0 Å². The van der Waals surface area contributed by atoms with E-state index in [0.29, 0.717) is 17.4 Å². The van der Waals surface area contributed by atoms with Crippen molar-refractivity contribution in [1.82, 2.24) is 4.72 Å². The van der Waals surface area contributed by atoms with E-state index in [1.807, 2.05) is 0 Å². The summed E-state index contributed by atoms with van der Waals surface area (Å²) in [6.45, 7) is 0.444. The molecule has 0 bridgehead atoms. The van der Waals surface area contributed by atoms with Gasteiger partial charge in [0.05, 0.1) is 4.90 Å². The van der Waals surface area contributed by atoms with Crippen LogP contribution in [0, 0.1) is 5.92 Å². The van der Waals surface area contributed by atoms with Crippen molar-refractivity contribution in [3.63, 3.8) is 0 Å². The fourth-order valence-corrected chi connectivity index (χ4v) is 4.09. The summed E-state index contributed by atoms with van der Waals surface area (Å²) in [5, 5.41) is 0. The summed E-state index contributed by atoms with van der Waals surface area (Å²) in [4.78, 5) is 0.534. The molecular weight excluding hydrogens is 370 g/mol. The molecule has 1 aromatic carbocycles. The molecule has 1 aliphatic rings. The minimum absolute atomic E-state index is 0.240. The Morgan fingerprint density at radius 3 is 2.71 bits per heavy atom. The third-order valence-electron chi connectivity index (χ3n) is 2.71. The number of sulfonamides is 1. The first kappa shape index (κ1) is 13.5. The second-order valence-corrected chi connectivity index (χ2v) is 8.02. The van der Waals surface area contributed by atoms with Crippen molar-refractivity contribution in [1.29, 1.82) is 0 Å². The van der Waals surface area contributed by atoms with Crippen molar-refractivity contribution in [2.24, 2.45) is 5.92 Å². The normalized spacial score (nSPS) is 18.0. The fraction of sp³-hybridized carbons (Fsp3) is 0.455. The zero-order chi connectivity index (χ0) is 12.5. The second kappa shape index (κ2) is 5.38. The molecule has 0 aliphatic heterocycles. The van der Waals surface area contributed by atoms with Crippen LogP contribution in [0.1, 0.15) is 12.8 Å². The van der Waals surface area contributed by atoms with Crippen LogP contribution in [0.5, 0.6) is 0 Å². The van der Waals surface area contributed by atoms with Crippen LogP contribution in [0.2, 0.25) is 0 Å². The van der Waals surface area contributed by atoms with Gasteiger partial charge in [-0.05, 0) is 37.0 Å². The lowest BCUT2D eigenvalue weighted by Crippen LogP contribution is -2.30. The van der Waals surface area contributed by atoms with Gasteiger partial charge < -0.3 is 0 Å². The molecule has 0 amide bonds. The highest BCUT2D eigenvalue weighted by atomic mass is 79.9. The highest BCUT2D eigenvalue weighted by Crippen LogP contribution is 2.36. The van der Waals surface area contributed by atoms with Crippen molar-refractivity contribution in [3.05, 3.63) is 28.7 Å². The molecule has 94 valence electrons. The van der Waals surface area contributed by atoms with E-state index in [-0.39, 0.29) is 4.83 Å². The summed E-state index contributed by atoms with van der Waals surface area (Å²) in [5.41, 5.74) is 0. The number of hydrogen-bond donors (Lipinski definition) is 1. The van der Waals surface area contributed by atoms with Crippen molar-refractivity contribution in [2.45, 2.75) is 22.6 Å². The Bertz CT molecular complexity index is 500. The Balaban J connectivity index is 2.03. The lowest BCUT2D eigenvalue weighted by atomic mass is 10.3. The van der Waals surface area contributed by atoms with Crippen LogP contribution in [-0.2, 0) is 10.0 Å². The van der Waals surface area contributed by atoms with Gasteiger partial charge in [0, 0.05) is 15.8 Å². The van der Waals surface area contributed by atoms with Crippen LogP contribution < -0.4 is 4.72 Å². The molecule has 1 atom stereocenters. The van der Waals surface area contributed by atoms with Crippen LogP contribution in [0.3, 0.4) is 0 Å². The smallest absolute Gasteiger partial charge is 0.210 e. The summed E-state index contributed by atoms with van der Waals surface area (Å²) in [7, 11) is -3.39. The van der Waals surface area contributed by atoms with Crippen LogP contribution in [0.15, 0.2) is 33.6 Å². The maximum absolute atomic E-state index is 12.0. The molecular formula is C11H13Br2NO2S. The monoisotopic (exact) mass is 381 g/mol. The summed E-state index contributed by atoms with van der Waals surface area (Å²) >= 11 is 6.77. The molecule has 1 unspecified atom stereocenters. The highest BCUT2D eigenvalue weighted by Gasteiger charge is 2.30. The molecule has 0 heterocycles. The Morgan fingerprint density at radius 1 is 1.41 bits per heavy atom. The van der Waals surface area contributed by atoms with Gasteiger partial charge in [-0.25, -0.2) is 13.1 Å². The molecule has 0 radical (unpaired) electrons. The van der Waals surface area contributed by atoms with E-state index in [1.165, 1.54) is 12.8 Å². The van der Waals surface area contributed by atoms with Gasteiger partial charge in [0.25, 0.3) is 0 Å². The van der Waals surface area contributed by atoms with Gasteiger partial charge in [0.1, 0.15) is 0 Å². The van der Waals surface area contributed by atoms with Gasteiger partial charge in [-0.15, -0.1) is 0 Å². The third kappa shape index (κ3) is 3.77. The van der Waals surface area contributed by atoms with Crippen LogP contribution in [0.4, 0.5) is 0 Å². The zero-order valence-electron chi connectivity index (χ0n) is 9.07. The molecule has 1 aliphatic carbocycles. The summed E-state index contributed by atoms with van der Waals surface area (Å²) in [5.74, 6) is 0.625. The largest absolute Gasteiger partial charge is 0.240 e. The van der Waals surface area contributed by atoms with Gasteiger partial charge in [-0.1, -0.05) is 37.9 Å². The molecule has 1 fully saturated rings. The van der Waals surface area contributed by atoms with Crippen LogP contribution >= 0.6 is 31.9 Å². The minimum Gasteiger partial charge on any atom is -0.210 e. The van der Waals surface area contributed by atoms with Gasteiger partial charge in [0.2, 0.25) is 10.0 Å². The predicted molar refractivity (Wildman–Crippen MR) is 74.8 cm³/mol. The average molecular weight is 383 g/mol. The molecule has 0 saturated heterocycles. The highest BCUT2D eigenvalue weighted by molar-refractivity contribution is 9.10. The maximum Gasteiger partial charge on any atom is 0.240 e. The van der Waals surface area contributed by atoms with E-state index in [1.54, 1.807) is 24.3 Å². The Morgan fingerprint density at radius 2 is 2.12 bits per heavy atom. The molecule has 2 rings (SSSR count). The van der Waals surface area contributed by atoms with Crippen LogP contribution in [-0.4, -0.2) is 19.8 Å². The van der Waals surface area contributed by atoms with E-state index < -0.39 is 10.0 Å². The lowest BCUT2D eigenvalue weighted by Gasteiger charge is -2.10. The predicted octanol–water partition coefficient (Wildman–Crippen LogP) is 2.90. The molecule has 1 aromatic rings. The number of hydrogen-bond acceptors (Lipinski definition) is 2. The molecule has 17 heavy (non-hydrogen) atoms. The molecule has 6 heteroatoms. The number of nitrogens with one attached hydrogen (secondary N) is 1. The maximum atomic E-state index is 12.0. The van der Waals surface area contributed by atoms with E-state index in [0.717, 1.165) is 4.47 Å². The van der Waals surface area contributed by atoms with Gasteiger partial charge >= 0.3 is 0 Å². The van der Waals surface area contributed by atoms with Crippen molar-refractivity contribution in [2.75, 3.05) is 6.54 Å². The minimum atomic E-state index is -3.39. The van der Waals surface area contributed by atoms with Crippen molar-refractivity contribution in [3.8, 4) is 0 Å². The first-order valence-corrected chi connectivity index (χ1v) is 8.57. The molecule has 1 N–H and O–H groups in total. The molecule has 0 spiro atoms. The van der Waals surface area contributed by atoms with Crippen molar-refractivity contribution >= 4 is 41.9 Å². The number of rotatable bonds is 5. The topological polar surface area (TPSA) is 46.2 Å². The van der Waals surface area contributed by atoms with Crippen molar-refractivity contribution < 1.29 is 8.42 Å². The lowest BCUT2D eigenvalue weighted by molar-refractivity contribution is 0.577.